The summed E-state index contributed by atoms with van der Waals surface area (Å²) in [4.78, 5) is 0. The van der Waals surface area contributed by atoms with Crippen LogP contribution in [0.3, 0.4) is 0 Å². The van der Waals surface area contributed by atoms with Gasteiger partial charge in [-0.05, 0) is 13.3 Å². The minimum atomic E-state index is -1.12. The molecule has 1 unspecified atom stereocenters. The van der Waals surface area contributed by atoms with Gasteiger partial charge in [0.2, 0.25) is 0 Å². The lowest BCUT2D eigenvalue weighted by atomic mass is 10.4. The average molecular weight is 186 g/mol. The van der Waals surface area contributed by atoms with Crippen LogP contribution in [0.25, 0.3) is 0 Å². The summed E-state index contributed by atoms with van der Waals surface area (Å²) in [5.41, 5.74) is 1.60. The second-order valence-corrected chi connectivity index (χ2v) is 9.91. The van der Waals surface area contributed by atoms with Gasteiger partial charge in [-0.3, -0.25) is 0 Å². The standard InChI is InChI=1S/C10H22OSi/c1-7-10(12(4,5)6)11-8-9(2)3/h10H,2,7-8H2,1,3-6H3. The van der Waals surface area contributed by atoms with Crippen molar-refractivity contribution >= 4 is 8.07 Å². The molecule has 0 aromatic rings. The van der Waals surface area contributed by atoms with E-state index >= 15 is 0 Å². The number of hydrogen-bond acceptors (Lipinski definition) is 1. The zero-order valence-electron chi connectivity index (χ0n) is 9.11. The van der Waals surface area contributed by atoms with Gasteiger partial charge in [-0.1, -0.05) is 38.7 Å². The monoisotopic (exact) mass is 186 g/mol. The normalized spacial score (nSPS) is 14.4. The van der Waals surface area contributed by atoms with Gasteiger partial charge in [-0.2, -0.15) is 0 Å². The predicted octanol–water partition coefficient (Wildman–Crippen LogP) is 3.24. The topological polar surface area (TPSA) is 9.23 Å². The van der Waals surface area contributed by atoms with Crippen molar-refractivity contribution in [2.45, 2.75) is 45.6 Å². The van der Waals surface area contributed by atoms with Gasteiger partial charge in [0.15, 0.2) is 0 Å². The first-order valence-corrected chi connectivity index (χ1v) is 8.21. The second kappa shape index (κ2) is 4.82. The average Bonchev–Trinajstić information content (AvgIpc) is 1.85. The fraction of sp³-hybridized carbons (Fsp3) is 0.800. The molecule has 0 radical (unpaired) electrons. The quantitative estimate of drug-likeness (QED) is 0.473. The summed E-state index contributed by atoms with van der Waals surface area (Å²) in [6.07, 6.45) is 1.13. The Morgan fingerprint density at radius 2 is 1.92 bits per heavy atom. The maximum atomic E-state index is 5.78. The first kappa shape index (κ1) is 11.9. The van der Waals surface area contributed by atoms with Crippen molar-refractivity contribution in [2.75, 3.05) is 6.61 Å². The molecule has 2 heteroatoms. The van der Waals surface area contributed by atoms with E-state index in [1.54, 1.807) is 0 Å². The third kappa shape index (κ3) is 4.73. The maximum Gasteiger partial charge on any atom is 0.0785 e. The van der Waals surface area contributed by atoms with Crippen LogP contribution in [0.1, 0.15) is 20.3 Å². The van der Waals surface area contributed by atoms with Crippen molar-refractivity contribution < 1.29 is 4.74 Å². The van der Waals surface area contributed by atoms with E-state index in [1.165, 1.54) is 0 Å². The number of ether oxygens (including phenoxy) is 1. The van der Waals surface area contributed by atoms with Gasteiger partial charge in [0, 0.05) is 5.73 Å². The molecule has 0 bridgehead atoms. The van der Waals surface area contributed by atoms with E-state index in [2.05, 4.69) is 33.1 Å². The molecule has 1 nitrogen and oxygen atoms in total. The third-order valence-electron chi connectivity index (χ3n) is 1.87. The molecule has 0 aromatic carbocycles. The molecule has 0 amide bonds. The second-order valence-electron chi connectivity index (χ2n) is 4.53. The third-order valence-corrected chi connectivity index (χ3v) is 4.37. The summed E-state index contributed by atoms with van der Waals surface area (Å²) in [7, 11) is -1.12. The van der Waals surface area contributed by atoms with Crippen molar-refractivity contribution in [1.82, 2.24) is 0 Å². The lowest BCUT2D eigenvalue weighted by Crippen LogP contribution is -2.40. The summed E-state index contributed by atoms with van der Waals surface area (Å²) in [6, 6.07) is 0. The fourth-order valence-corrected chi connectivity index (χ4v) is 3.03. The van der Waals surface area contributed by atoms with Crippen LogP contribution in [0.5, 0.6) is 0 Å². The zero-order chi connectivity index (χ0) is 9.78. The Morgan fingerprint density at radius 3 is 2.17 bits per heavy atom. The molecule has 0 rings (SSSR count). The first-order valence-electron chi connectivity index (χ1n) is 4.64. The van der Waals surface area contributed by atoms with Crippen LogP contribution in [0.4, 0.5) is 0 Å². The molecule has 0 fully saturated rings. The Hall–Kier alpha value is -0.0831. The fourth-order valence-electron chi connectivity index (χ4n) is 1.22. The van der Waals surface area contributed by atoms with E-state index in [0.717, 1.165) is 18.6 Å². The van der Waals surface area contributed by atoms with E-state index in [4.69, 9.17) is 4.74 Å². The first-order chi connectivity index (χ1) is 5.38. The largest absolute Gasteiger partial charge is 0.377 e. The van der Waals surface area contributed by atoms with Crippen molar-refractivity contribution in [3.8, 4) is 0 Å². The van der Waals surface area contributed by atoms with Gasteiger partial charge in [-0.25, -0.2) is 0 Å². The Kier molecular flexibility index (Phi) is 4.79. The number of hydrogen-bond donors (Lipinski definition) is 0. The summed E-state index contributed by atoms with van der Waals surface area (Å²) in [5.74, 6) is 0. The summed E-state index contributed by atoms with van der Waals surface area (Å²) in [6.45, 7) is 15.8. The molecule has 0 saturated heterocycles. The van der Waals surface area contributed by atoms with Crippen molar-refractivity contribution in [3.63, 3.8) is 0 Å². The molecule has 0 aliphatic rings. The molecule has 0 heterocycles. The van der Waals surface area contributed by atoms with Gasteiger partial charge in [0.05, 0.1) is 14.7 Å². The minimum absolute atomic E-state index is 0.481. The lowest BCUT2D eigenvalue weighted by molar-refractivity contribution is 0.117. The Morgan fingerprint density at radius 1 is 1.42 bits per heavy atom. The minimum Gasteiger partial charge on any atom is -0.377 e. The maximum absolute atomic E-state index is 5.78. The Bertz CT molecular complexity index is 146. The highest BCUT2D eigenvalue weighted by molar-refractivity contribution is 6.77. The molecule has 1 atom stereocenters. The molecular formula is C10H22OSi. The Labute approximate surface area is 77.8 Å². The van der Waals surface area contributed by atoms with Crippen LogP contribution in [-0.4, -0.2) is 20.4 Å². The summed E-state index contributed by atoms with van der Waals surface area (Å²) in [5, 5.41) is 0. The molecule has 0 aliphatic carbocycles. The van der Waals surface area contributed by atoms with Crippen molar-refractivity contribution in [3.05, 3.63) is 12.2 Å². The molecule has 0 aliphatic heterocycles. The van der Waals surface area contributed by atoms with E-state index in [-0.39, 0.29) is 0 Å². The van der Waals surface area contributed by atoms with Crippen LogP contribution in [0.2, 0.25) is 19.6 Å². The highest BCUT2D eigenvalue weighted by atomic mass is 28.3. The molecular weight excluding hydrogens is 164 g/mol. The SMILES string of the molecule is C=C(C)COC(CC)[Si](C)(C)C. The van der Waals surface area contributed by atoms with Crippen LogP contribution in [-0.2, 0) is 4.74 Å². The highest BCUT2D eigenvalue weighted by Crippen LogP contribution is 2.15. The van der Waals surface area contributed by atoms with Gasteiger partial charge in [0.25, 0.3) is 0 Å². The molecule has 0 N–H and O–H groups in total. The van der Waals surface area contributed by atoms with Crippen LogP contribution < -0.4 is 0 Å². The Balaban J connectivity index is 3.92. The van der Waals surface area contributed by atoms with Gasteiger partial charge >= 0.3 is 0 Å². The van der Waals surface area contributed by atoms with E-state index < -0.39 is 8.07 Å². The lowest BCUT2D eigenvalue weighted by Gasteiger charge is -2.28. The summed E-state index contributed by atoms with van der Waals surface area (Å²) < 4.78 is 5.78. The van der Waals surface area contributed by atoms with Gasteiger partial charge < -0.3 is 4.74 Å². The summed E-state index contributed by atoms with van der Waals surface area (Å²) >= 11 is 0. The van der Waals surface area contributed by atoms with Crippen molar-refractivity contribution in [1.29, 1.82) is 0 Å². The smallest absolute Gasteiger partial charge is 0.0785 e. The van der Waals surface area contributed by atoms with Gasteiger partial charge in [0.1, 0.15) is 0 Å². The molecule has 12 heavy (non-hydrogen) atoms. The molecule has 0 spiro atoms. The molecule has 72 valence electrons. The number of rotatable bonds is 5. The van der Waals surface area contributed by atoms with Crippen LogP contribution in [0.15, 0.2) is 12.2 Å². The predicted molar refractivity (Wildman–Crippen MR) is 58.2 cm³/mol. The highest BCUT2D eigenvalue weighted by Gasteiger charge is 2.25. The van der Waals surface area contributed by atoms with Crippen molar-refractivity contribution in [2.24, 2.45) is 0 Å². The molecule has 0 aromatic heterocycles. The van der Waals surface area contributed by atoms with E-state index in [1.807, 2.05) is 6.92 Å². The van der Waals surface area contributed by atoms with Gasteiger partial charge in [-0.15, -0.1) is 0 Å². The van der Waals surface area contributed by atoms with E-state index in [9.17, 15) is 0 Å². The van der Waals surface area contributed by atoms with Crippen LogP contribution in [0, 0.1) is 0 Å². The van der Waals surface area contributed by atoms with Crippen LogP contribution >= 0.6 is 0 Å². The zero-order valence-corrected chi connectivity index (χ0v) is 10.1. The molecule has 0 saturated carbocycles. The van der Waals surface area contributed by atoms with E-state index in [0.29, 0.717) is 5.73 Å².